The van der Waals surface area contributed by atoms with Crippen molar-refractivity contribution in [3.63, 3.8) is 0 Å². The Morgan fingerprint density at radius 3 is 3.00 bits per heavy atom. The van der Waals surface area contributed by atoms with Gasteiger partial charge in [0.1, 0.15) is 0 Å². The van der Waals surface area contributed by atoms with Crippen LogP contribution in [0.1, 0.15) is 19.3 Å². The van der Waals surface area contributed by atoms with Crippen molar-refractivity contribution in [2.24, 2.45) is 0 Å². The van der Waals surface area contributed by atoms with Gasteiger partial charge in [0.05, 0.1) is 12.6 Å². The van der Waals surface area contributed by atoms with Crippen molar-refractivity contribution < 1.29 is 9.53 Å². The third-order valence-electron chi connectivity index (χ3n) is 3.38. The van der Waals surface area contributed by atoms with Crippen LogP contribution in [-0.4, -0.2) is 31.7 Å². The van der Waals surface area contributed by atoms with Gasteiger partial charge in [0.15, 0.2) is 0 Å². The molecule has 0 bridgehead atoms. The molecule has 2 unspecified atom stereocenters. The van der Waals surface area contributed by atoms with Crippen LogP contribution in [0.5, 0.6) is 0 Å². The van der Waals surface area contributed by atoms with Crippen molar-refractivity contribution >= 4 is 23.2 Å². The first kappa shape index (κ1) is 14.3. The maximum Gasteiger partial charge on any atom is 0.238 e. The van der Waals surface area contributed by atoms with E-state index in [1.807, 2.05) is 12.1 Å². The maximum atomic E-state index is 11.8. The first-order chi connectivity index (χ1) is 9.17. The molecule has 1 aliphatic carbocycles. The normalized spacial score (nSPS) is 22.4. The van der Waals surface area contributed by atoms with E-state index in [1.54, 1.807) is 19.2 Å². The molecule has 19 heavy (non-hydrogen) atoms. The zero-order chi connectivity index (χ0) is 13.7. The summed E-state index contributed by atoms with van der Waals surface area (Å²) in [5.74, 6) is -0.0527. The van der Waals surface area contributed by atoms with Crippen molar-refractivity contribution in [3.8, 4) is 0 Å². The number of methoxy groups -OCH3 is 1. The van der Waals surface area contributed by atoms with Gasteiger partial charge in [-0.15, -0.1) is 0 Å². The highest BCUT2D eigenvalue weighted by atomic mass is 35.5. The number of anilines is 1. The van der Waals surface area contributed by atoms with Crippen LogP contribution in [0.3, 0.4) is 0 Å². The van der Waals surface area contributed by atoms with Crippen LogP contribution in [0, 0.1) is 0 Å². The minimum absolute atomic E-state index is 0.0527. The molecular formula is C14H19ClN2O2. The second kappa shape index (κ2) is 6.89. The summed E-state index contributed by atoms with van der Waals surface area (Å²) in [6.07, 6.45) is 3.42. The Hall–Kier alpha value is -1.10. The van der Waals surface area contributed by atoms with Crippen LogP contribution in [0.4, 0.5) is 5.69 Å². The van der Waals surface area contributed by atoms with Crippen LogP contribution in [0.25, 0.3) is 0 Å². The molecule has 5 heteroatoms. The summed E-state index contributed by atoms with van der Waals surface area (Å²) in [5, 5.41) is 6.69. The molecule has 1 aromatic carbocycles. The van der Waals surface area contributed by atoms with E-state index < -0.39 is 0 Å². The standard InChI is InChI=1S/C14H19ClN2O2/c1-19-13-6-5-11(8-13)16-9-14(18)17-12-4-2-3-10(15)7-12/h2-4,7,11,13,16H,5-6,8-9H2,1H3,(H,17,18). The van der Waals surface area contributed by atoms with Crippen LogP contribution in [0.2, 0.25) is 5.02 Å². The fraction of sp³-hybridized carbons (Fsp3) is 0.500. The number of hydrogen-bond donors (Lipinski definition) is 2. The molecule has 2 atom stereocenters. The van der Waals surface area contributed by atoms with Gasteiger partial charge in [-0.2, -0.15) is 0 Å². The quantitative estimate of drug-likeness (QED) is 0.872. The van der Waals surface area contributed by atoms with E-state index in [2.05, 4.69) is 10.6 Å². The largest absolute Gasteiger partial charge is 0.381 e. The van der Waals surface area contributed by atoms with E-state index in [-0.39, 0.29) is 5.91 Å². The molecule has 2 rings (SSSR count). The number of carbonyl (C=O) groups is 1. The van der Waals surface area contributed by atoms with E-state index in [0.717, 1.165) is 24.9 Å². The Kier molecular flexibility index (Phi) is 5.19. The fourth-order valence-electron chi connectivity index (χ4n) is 2.35. The van der Waals surface area contributed by atoms with Crippen molar-refractivity contribution in [3.05, 3.63) is 29.3 Å². The highest BCUT2D eigenvalue weighted by Gasteiger charge is 2.24. The number of hydrogen-bond acceptors (Lipinski definition) is 3. The summed E-state index contributed by atoms with van der Waals surface area (Å²) >= 11 is 5.86. The Morgan fingerprint density at radius 1 is 1.47 bits per heavy atom. The Morgan fingerprint density at radius 2 is 2.32 bits per heavy atom. The summed E-state index contributed by atoms with van der Waals surface area (Å²) < 4.78 is 5.30. The Labute approximate surface area is 118 Å². The zero-order valence-corrected chi connectivity index (χ0v) is 11.7. The molecule has 1 saturated carbocycles. The smallest absolute Gasteiger partial charge is 0.238 e. The van der Waals surface area contributed by atoms with Crippen LogP contribution >= 0.6 is 11.6 Å². The molecule has 1 amide bonds. The lowest BCUT2D eigenvalue weighted by molar-refractivity contribution is -0.115. The molecule has 0 spiro atoms. The monoisotopic (exact) mass is 282 g/mol. The molecule has 0 saturated heterocycles. The van der Waals surface area contributed by atoms with E-state index in [1.165, 1.54) is 0 Å². The lowest BCUT2D eigenvalue weighted by Crippen LogP contribution is -2.35. The predicted molar refractivity (Wildman–Crippen MR) is 76.5 cm³/mol. The number of carbonyl (C=O) groups excluding carboxylic acids is 1. The van der Waals surface area contributed by atoms with Crippen molar-refractivity contribution in [1.82, 2.24) is 5.32 Å². The van der Waals surface area contributed by atoms with E-state index in [4.69, 9.17) is 16.3 Å². The zero-order valence-electron chi connectivity index (χ0n) is 11.0. The molecule has 0 radical (unpaired) electrons. The molecule has 0 aliphatic heterocycles. The van der Waals surface area contributed by atoms with Gasteiger partial charge in [0.25, 0.3) is 0 Å². The average molecular weight is 283 g/mol. The topological polar surface area (TPSA) is 50.4 Å². The van der Waals surface area contributed by atoms with Gasteiger partial charge < -0.3 is 15.4 Å². The summed E-state index contributed by atoms with van der Waals surface area (Å²) in [6, 6.07) is 7.51. The fourth-order valence-corrected chi connectivity index (χ4v) is 2.54. The molecule has 1 fully saturated rings. The molecule has 4 nitrogen and oxygen atoms in total. The van der Waals surface area contributed by atoms with Gasteiger partial charge in [0.2, 0.25) is 5.91 Å². The molecule has 1 aromatic rings. The Balaban J connectivity index is 1.73. The van der Waals surface area contributed by atoms with Crippen LogP contribution < -0.4 is 10.6 Å². The number of rotatable bonds is 5. The summed E-state index contributed by atoms with van der Waals surface area (Å²) in [4.78, 5) is 11.8. The van der Waals surface area contributed by atoms with Crippen LogP contribution in [0.15, 0.2) is 24.3 Å². The first-order valence-corrected chi connectivity index (χ1v) is 6.87. The summed E-state index contributed by atoms with van der Waals surface area (Å²) in [7, 11) is 1.74. The lowest BCUT2D eigenvalue weighted by Gasteiger charge is -2.12. The van der Waals surface area contributed by atoms with Gasteiger partial charge in [0, 0.05) is 23.9 Å². The lowest BCUT2D eigenvalue weighted by atomic mass is 10.2. The van der Waals surface area contributed by atoms with Gasteiger partial charge in [-0.3, -0.25) is 4.79 Å². The third-order valence-corrected chi connectivity index (χ3v) is 3.61. The van der Waals surface area contributed by atoms with Gasteiger partial charge in [-0.1, -0.05) is 17.7 Å². The third kappa shape index (κ3) is 4.49. The average Bonchev–Trinajstić information content (AvgIpc) is 2.84. The van der Waals surface area contributed by atoms with Gasteiger partial charge in [-0.25, -0.2) is 0 Å². The van der Waals surface area contributed by atoms with E-state index >= 15 is 0 Å². The van der Waals surface area contributed by atoms with Crippen molar-refractivity contribution in [1.29, 1.82) is 0 Å². The highest BCUT2D eigenvalue weighted by molar-refractivity contribution is 6.30. The summed E-state index contributed by atoms with van der Waals surface area (Å²) in [5.41, 5.74) is 0.723. The molecular weight excluding hydrogens is 264 g/mol. The van der Waals surface area contributed by atoms with E-state index in [9.17, 15) is 4.79 Å². The number of halogens is 1. The van der Waals surface area contributed by atoms with Crippen LogP contribution in [-0.2, 0) is 9.53 Å². The number of amides is 1. The molecule has 1 aliphatic rings. The molecule has 0 aromatic heterocycles. The molecule has 0 heterocycles. The second-order valence-electron chi connectivity index (χ2n) is 4.81. The highest BCUT2D eigenvalue weighted by Crippen LogP contribution is 2.21. The minimum Gasteiger partial charge on any atom is -0.381 e. The summed E-state index contributed by atoms with van der Waals surface area (Å²) in [6.45, 7) is 0.313. The number of ether oxygens (including phenoxy) is 1. The Bertz CT molecular complexity index is 439. The van der Waals surface area contributed by atoms with Crippen molar-refractivity contribution in [2.45, 2.75) is 31.4 Å². The maximum absolute atomic E-state index is 11.8. The first-order valence-electron chi connectivity index (χ1n) is 6.49. The predicted octanol–water partition coefficient (Wildman–Crippen LogP) is 2.44. The van der Waals surface area contributed by atoms with E-state index in [0.29, 0.717) is 23.7 Å². The second-order valence-corrected chi connectivity index (χ2v) is 5.24. The van der Waals surface area contributed by atoms with Gasteiger partial charge >= 0.3 is 0 Å². The number of benzene rings is 1. The van der Waals surface area contributed by atoms with Crippen molar-refractivity contribution in [2.75, 3.05) is 19.0 Å². The SMILES string of the molecule is COC1CCC(NCC(=O)Nc2cccc(Cl)c2)C1. The van der Waals surface area contributed by atoms with Gasteiger partial charge in [-0.05, 0) is 37.5 Å². The minimum atomic E-state index is -0.0527. The molecule has 104 valence electrons. The molecule has 2 N–H and O–H groups in total. The number of nitrogens with one attached hydrogen (secondary N) is 2.